The Hall–Kier alpha value is -1.29. The summed E-state index contributed by atoms with van der Waals surface area (Å²) in [5.74, 6) is 0.505. The highest BCUT2D eigenvalue weighted by Crippen LogP contribution is 2.19. The predicted octanol–water partition coefficient (Wildman–Crippen LogP) is 3.09. The third-order valence-electron chi connectivity index (χ3n) is 2.06. The highest BCUT2D eigenvalue weighted by molar-refractivity contribution is 5.18. The molecule has 1 aromatic rings. The molecule has 1 rings (SSSR count). The summed E-state index contributed by atoms with van der Waals surface area (Å²) in [6, 6.07) is 12.5. The van der Waals surface area contributed by atoms with Crippen LogP contribution in [-0.2, 0) is 0 Å². The molecule has 0 saturated carbocycles. The molecule has 0 saturated heterocycles. The summed E-state index contributed by atoms with van der Waals surface area (Å²) in [7, 11) is 0. The van der Waals surface area contributed by atoms with E-state index in [1.165, 1.54) is 5.56 Å². The quantitative estimate of drug-likeness (QED) is 0.664. The number of benzene rings is 1. The molecule has 0 N–H and O–H groups in total. The fourth-order valence-electron chi connectivity index (χ4n) is 1.23. The van der Waals surface area contributed by atoms with Gasteiger partial charge in [-0.05, 0) is 17.9 Å². The Morgan fingerprint density at radius 2 is 2.00 bits per heavy atom. The third kappa shape index (κ3) is 2.39. The van der Waals surface area contributed by atoms with Gasteiger partial charge in [-0.1, -0.05) is 37.3 Å². The van der Waals surface area contributed by atoms with Crippen molar-refractivity contribution >= 4 is 0 Å². The van der Waals surface area contributed by atoms with Crippen LogP contribution in [0.1, 0.15) is 31.2 Å². The number of rotatable bonds is 3. The molecular formula is C11H13N. The molecule has 0 spiro atoms. The topological polar surface area (TPSA) is 23.8 Å². The van der Waals surface area contributed by atoms with Gasteiger partial charge >= 0.3 is 0 Å². The molecule has 1 heteroatoms. The first kappa shape index (κ1) is 8.80. The highest BCUT2D eigenvalue weighted by Gasteiger charge is 2.02. The first-order valence-corrected chi connectivity index (χ1v) is 4.26. The number of nitriles is 1. The van der Waals surface area contributed by atoms with Gasteiger partial charge < -0.3 is 0 Å². The van der Waals surface area contributed by atoms with Gasteiger partial charge in [0.15, 0.2) is 0 Å². The maximum absolute atomic E-state index is 8.41. The second-order valence-electron chi connectivity index (χ2n) is 3.01. The molecule has 0 aliphatic heterocycles. The zero-order chi connectivity index (χ0) is 8.81. The van der Waals surface area contributed by atoms with Crippen molar-refractivity contribution < 1.29 is 0 Å². The van der Waals surface area contributed by atoms with E-state index >= 15 is 0 Å². The Balaban J connectivity index is 2.55. The van der Waals surface area contributed by atoms with Crippen LogP contribution in [0.5, 0.6) is 0 Å². The molecule has 1 aromatic carbocycles. The molecule has 0 aliphatic rings. The first-order valence-electron chi connectivity index (χ1n) is 4.26. The van der Waals surface area contributed by atoms with E-state index < -0.39 is 0 Å². The molecule has 0 bridgehead atoms. The number of hydrogen-bond acceptors (Lipinski definition) is 1. The molecule has 1 nitrogen and oxygen atoms in total. The average molecular weight is 159 g/mol. The largest absolute Gasteiger partial charge is 0.198 e. The van der Waals surface area contributed by atoms with E-state index in [-0.39, 0.29) is 0 Å². The average Bonchev–Trinajstić information content (AvgIpc) is 2.15. The van der Waals surface area contributed by atoms with Gasteiger partial charge in [0.1, 0.15) is 0 Å². The minimum absolute atomic E-state index is 0.505. The second kappa shape index (κ2) is 4.56. The van der Waals surface area contributed by atoms with Crippen molar-refractivity contribution in [1.82, 2.24) is 0 Å². The van der Waals surface area contributed by atoms with Gasteiger partial charge in [0.2, 0.25) is 0 Å². The van der Waals surface area contributed by atoms with E-state index in [0.29, 0.717) is 12.3 Å². The Labute approximate surface area is 73.6 Å². The minimum atomic E-state index is 0.505. The SMILES string of the molecule is CC(CCC#N)c1ccccc1. The Bertz CT molecular complexity index is 258. The Kier molecular flexibility index (Phi) is 3.35. The standard InChI is InChI=1S/C11H13N/c1-10(6-5-9-12)11-7-3-2-4-8-11/h2-4,7-8,10H,5-6H2,1H3. The van der Waals surface area contributed by atoms with Crippen molar-refractivity contribution in [2.75, 3.05) is 0 Å². The van der Waals surface area contributed by atoms with Crippen LogP contribution in [0.25, 0.3) is 0 Å². The van der Waals surface area contributed by atoms with Crippen LogP contribution < -0.4 is 0 Å². The molecule has 1 atom stereocenters. The monoisotopic (exact) mass is 159 g/mol. The summed E-state index contributed by atoms with van der Waals surface area (Å²) in [4.78, 5) is 0. The minimum Gasteiger partial charge on any atom is -0.198 e. The number of hydrogen-bond donors (Lipinski definition) is 0. The van der Waals surface area contributed by atoms with Crippen LogP contribution in [0.15, 0.2) is 30.3 Å². The fourth-order valence-corrected chi connectivity index (χ4v) is 1.23. The van der Waals surface area contributed by atoms with E-state index in [1.54, 1.807) is 0 Å². The molecule has 12 heavy (non-hydrogen) atoms. The highest BCUT2D eigenvalue weighted by atomic mass is 14.2. The van der Waals surface area contributed by atoms with Crippen molar-refractivity contribution in [3.05, 3.63) is 35.9 Å². The molecule has 0 fully saturated rings. The maximum atomic E-state index is 8.41. The fraction of sp³-hybridized carbons (Fsp3) is 0.364. The lowest BCUT2D eigenvalue weighted by Gasteiger charge is -2.08. The van der Waals surface area contributed by atoms with E-state index in [1.807, 2.05) is 18.2 Å². The molecule has 1 unspecified atom stereocenters. The van der Waals surface area contributed by atoms with Crippen molar-refractivity contribution in [1.29, 1.82) is 5.26 Å². The smallest absolute Gasteiger partial charge is 0.0621 e. The molecule has 0 aromatic heterocycles. The van der Waals surface area contributed by atoms with Gasteiger partial charge in [-0.15, -0.1) is 0 Å². The zero-order valence-corrected chi connectivity index (χ0v) is 7.33. The van der Waals surface area contributed by atoms with Crippen LogP contribution in [-0.4, -0.2) is 0 Å². The van der Waals surface area contributed by atoms with Crippen LogP contribution in [0.4, 0.5) is 0 Å². The Morgan fingerprint density at radius 3 is 2.58 bits per heavy atom. The van der Waals surface area contributed by atoms with Crippen molar-refractivity contribution in [2.24, 2.45) is 0 Å². The van der Waals surface area contributed by atoms with Gasteiger partial charge in [0, 0.05) is 6.42 Å². The van der Waals surface area contributed by atoms with Gasteiger partial charge in [-0.3, -0.25) is 0 Å². The third-order valence-corrected chi connectivity index (χ3v) is 2.06. The normalized spacial score (nSPS) is 12.0. The van der Waals surface area contributed by atoms with Gasteiger partial charge in [0.25, 0.3) is 0 Å². The number of nitrogens with zero attached hydrogens (tertiary/aromatic N) is 1. The van der Waals surface area contributed by atoms with E-state index in [2.05, 4.69) is 25.1 Å². The van der Waals surface area contributed by atoms with Crippen LogP contribution >= 0.6 is 0 Å². The van der Waals surface area contributed by atoms with Crippen molar-refractivity contribution in [2.45, 2.75) is 25.7 Å². The molecule has 0 aliphatic carbocycles. The van der Waals surface area contributed by atoms with Crippen LogP contribution in [0.2, 0.25) is 0 Å². The first-order chi connectivity index (χ1) is 5.84. The van der Waals surface area contributed by atoms with Gasteiger partial charge in [-0.2, -0.15) is 5.26 Å². The predicted molar refractivity (Wildman–Crippen MR) is 49.7 cm³/mol. The summed E-state index contributed by atoms with van der Waals surface area (Å²) in [5.41, 5.74) is 1.33. The molecule has 0 radical (unpaired) electrons. The summed E-state index contributed by atoms with van der Waals surface area (Å²) in [6.45, 7) is 2.16. The van der Waals surface area contributed by atoms with Gasteiger partial charge in [0.05, 0.1) is 6.07 Å². The lowest BCUT2D eigenvalue weighted by molar-refractivity contribution is 0.695. The molecule has 0 heterocycles. The van der Waals surface area contributed by atoms with E-state index in [0.717, 1.165) is 6.42 Å². The lowest BCUT2D eigenvalue weighted by Crippen LogP contribution is -1.91. The van der Waals surface area contributed by atoms with Gasteiger partial charge in [-0.25, -0.2) is 0 Å². The summed E-state index contributed by atoms with van der Waals surface area (Å²) in [5, 5.41) is 8.41. The molecule has 0 amide bonds. The zero-order valence-electron chi connectivity index (χ0n) is 7.33. The second-order valence-corrected chi connectivity index (χ2v) is 3.01. The van der Waals surface area contributed by atoms with E-state index in [9.17, 15) is 0 Å². The summed E-state index contributed by atoms with van der Waals surface area (Å²) >= 11 is 0. The summed E-state index contributed by atoms with van der Waals surface area (Å²) < 4.78 is 0. The Morgan fingerprint density at radius 1 is 1.33 bits per heavy atom. The van der Waals surface area contributed by atoms with Crippen molar-refractivity contribution in [3.8, 4) is 6.07 Å². The molecule has 62 valence electrons. The summed E-state index contributed by atoms with van der Waals surface area (Å²) in [6.07, 6.45) is 1.61. The van der Waals surface area contributed by atoms with Crippen LogP contribution in [0, 0.1) is 11.3 Å². The maximum Gasteiger partial charge on any atom is 0.0621 e. The molecular weight excluding hydrogens is 146 g/mol. The van der Waals surface area contributed by atoms with Crippen LogP contribution in [0.3, 0.4) is 0 Å². The lowest BCUT2D eigenvalue weighted by atomic mass is 9.97. The van der Waals surface area contributed by atoms with Crippen molar-refractivity contribution in [3.63, 3.8) is 0 Å². The van der Waals surface area contributed by atoms with E-state index in [4.69, 9.17) is 5.26 Å².